The topological polar surface area (TPSA) is 86.6 Å². The van der Waals surface area contributed by atoms with Crippen LogP contribution in [0.5, 0.6) is 0 Å². The minimum Gasteiger partial charge on any atom is -0.386 e. The van der Waals surface area contributed by atoms with E-state index in [1.54, 1.807) is 13.8 Å². The highest BCUT2D eigenvalue weighted by molar-refractivity contribution is 5.86. The molecule has 0 radical (unpaired) electrons. The normalized spacial score (nSPS) is 13.5. The quantitative estimate of drug-likeness (QED) is 0.352. The Morgan fingerprint density at radius 1 is 1.29 bits per heavy atom. The van der Waals surface area contributed by atoms with Crippen LogP contribution in [0.15, 0.2) is 10.2 Å². The van der Waals surface area contributed by atoms with E-state index < -0.39 is 5.54 Å². The second-order valence-corrected chi connectivity index (χ2v) is 4.52. The van der Waals surface area contributed by atoms with Crippen LogP contribution in [0.25, 0.3) is 0 Å². The van der Waals surface area contributed by atoms with Crippen molar-refractivity contribution in [1.29, 1.82) is 5.41 Å². The van der Waals surface area contributed by atoms with E-state index in [0.29, 0.717) is 0 Å². The smallest absolute Gasteiger partial charge is 0.132 e. The highest BCUT2D eigenvalue weighted by atomic mass is 15.2. The number of hydrogen-bond acceptors (Lipinski definition) is 4. The summed E-state index contributed by atoms with van der Waals surface area (Å²) in [5.41, 5.74) is 4.42. The van der Waals surface area contributed by atoms with Gasteiger partial charge in [0.05, 0.1) is 5.54 Å². The van der Waals surface area contributed by atoms with Crippen LogP contribution in [0, 0.1) is 5.41 Å². The molecule has 0 fully saturated rings. The lowest BCUT2D eigenvalue weighted by Crippen LogP contribution is -2.37. The number of nitrogens with two attached hydrogens (primary N) is 1. The monoisotopic (exact) mass is 199 g/mol. The average Bonchev–Trinajstić information content (AvgIpc) is 2.01. The van der Waals surface area contributed by atoms with Crippen molar-refractivity contribution in [2.75, 3.05) is 13.6 Å². The van der Waals surface area contributed by atoms with Gasteiger partial charge in [0.1, 0.15) is 11.4 Å². The van der Waals surface area contributed by atoms with Gasteiger partial charge in [0.25, 0.3) is 0 Å². The largest absolute Gasteiger partial charge is 0.386 e. The summed E-state index contributed by atoms with van der Waals surface area (Å²) in [5, 5.41) is 18.6. The number of nitrogens with zero attached hydrogens (tertiary/aromatic N) is 2. The van der Waals surface area contributed by atoms with Crippen LogP contribution in [0.4, 0.5) is 0 Å². The molecule has 0 aromatic heterocycles. The van der Waals surface area contributed by atoms with Gasteiger partial charge in [0.2, 0.25) is 0 Å². The molecule has 14 heavy (non-hydrogen) atoms. The van der Waals surface area contributed by atoms with Crippen LogP contribution in [-0.4, -0.2) is 30.5 Å². The first-order valence-corrected chi connectivity index (χ1v) is 4.64. The molecule has 0 heterocycles. The highest BCUT2D eigenvalue weighted by Gasteiger charge is 2.23. The maximum atomic E-state index is 7.32. The lowest BCUT2D eigenvalue weighted by molar-refractivity contribution is 0.444. The third-order valence-corrected chi connectivity index (χ3v) is 1.84. The Kier molecular flexibility index (Phi) is 4.19. The molecule has 0 aliphatic heterocycles. The predicted octanol–water partition coefficient (Wildman–Crippen LogP) is 1.15. The molecule has 0 amide bonds. The van der Waals surface area contributed by atoms with E-state index in [-0.39, 0.29) is 11.4 Å². The number of rotatable bonds is 5. The maximum absolute atomic E-state index is 7.32. The van der Waals surface area contributed by atoms with Crippen molar-refractivity contribution in [3.05, 3.63) is 0 Å². The van der Waals surface area contributed by atoms with E-state index in [1.807, 2.05) is 20.9 Å². The summed E-state index contributed by atoms with van der Waals surface area (Å²) in [7, 11) is 1.87. The van der Waals surface area contributed by atoms with Crippen LogP contribution in [0.2, 0.25) is 0 Å². The van der Waals surface area contributed by atoms with Crippen molar-refractivity contribution in [3.8, 4) is 0 Å². The Balaban J connectivity index is 4.50. The maximum Gasteiger partial charge on any atom is 0.132 e. The third-order valence-electron chi connectivity index (χ3n) is 1.84. The number of amidine groups is 1. The van der Waals surface area contributed by atoms with Crippen LogP contribution in [0.1, 0.15) is 27.7 Å². The SMILES string of the molecule is CNCC(C)(C)N=NC(C)(C)C(=N)N. The molecule has 0 spiro atoms. The second kappa shape index (κ2) is 4.50. The summed E-state index contributed by atoms with van der Waals surface area (Å²) < 4.78 is 0. The fraction of sp³-hybridized carbons (Fsp3) is 0.889. The van der Waals surface area contributed by atoms with Crippen molar-refractivity contribution >= 4 is 5.84 Å². The van der Waals surface area contributed by atoms with Gasteiger partial charge in [-0.1, -0.05) is 0 Å². The summed E-state index contributed by atoms with van der Waals surface area (Å²) >= 11 is 0. The Hall–Kier alpha value is -0.970. The van der Waals surface area contributed by atoms with Crippen molar-refractivity contribution in [2.45, 2.75) is 38.8 Å². The van der Waals surface area contributed by atoms with Crippen molar-refractivity contribution in [2.24, 2.45) is 16.0 Å². The second-order valence-electron chi connectivity index (χ2n) is 4.52. The Morgan fingerprint density at radius 3 is 2.14 bits per heavy atom. The first-order valence-electron chi connectivity index (χ1n) is 4.64. The Morgan fingerprint density at radius 2 is 1.79 bits per heavy atom. The standard InChI is InChI=1S/C9H21N5/c1-8(2,6-12-5)13-14-9(3,4)7(10)11/h12H,6H2,1-5H3,(H3,10,11). The van der Waals surface area contributed by atoms with Gasteiger partial charge in [0.15, 0.2) is 0 Å². The van der Waals surface area contributed by atoms with E-state index in [0.717, 1.165) is 6.54 Å². The molecule has 0 saturated carbocycles. The van der Waals surface area contributed by atoms with Crippen LogP contribution in [-0.2, 0) is 0 Å². The van der Waals surface area contributed by atoms with Gasteiger partial charge in [-0.15, -0.1) is 0 Å². The van der Waals surface area contributed by atoms with E-state index >= 15 is 0 Å². The van der Waals surface area contributed by atoms with Gasteiger partial charge in [0, 0.05) is 6.54 Å². The van der Waals surface area contributed by atoms with Gasteiger partial charge in [-0.05, 0) is 34.7 Å². The molecular formula is C9H21N5. The number of azo groups is 1. The molecule has 0 aromatic rings. The molecule has 0 rings (SSSR count). The molecule has 0 bridgehead atoms. The average molecular weight is 199 g/mol. The molecule has 0 aliphatic carbocycles. The Bertz CT molecular complexity index is 229. The lowest BCUT2D eigenvalue weighted by atomic mass is 10.1. The summed E-state index contributed by atoms with van der Waals surface area (Å²) in [5.74, 6) is 0.0292. The summed E-state index contributed by atoms with van der Waals surface area (Å²) in [6.45, 7) is 8.24. The van der Waals surface area contributed by atoms with Gasteiger partial charge in [-0.2, -0.15) is 10.2 Å². The fourth-order valence-electron chi connectivity index (χ4n) is 0.782. The molecule has 4 N–H and O–H groups in total. The molecule has 5 heteroatoms. The molecular weight excluding hydrogens is 178 g/mol. The number of likely N-dealkylation sites (N-methyl/N-ethyl adjacent to an activating group) is 1. The molecule has 0 unspecified atom stereocenters. The van der Waals surface area contributed by atoms with Crippen molar-refractivity contribution in [3.63, 3.8) is 0 Å². The zero-order valence-electron chi connectivity index (χ0n) is 9.68. The molecule has 0 atom stereocenters. The van der Waals surface area contributed by atoms with Gasteiger partial charge in [-0.25, -0.2) is 0 Å². The van der Waals surface area contributed by atoms with E-state index in [2.05, 4.69) is 15.5 Å². The highest BCUT2D eigenvalue weighted by Crippen LogP contribution is 2.14. The number of hydrogen-bond donors (Lipinski definition) is 3. The van der Waals surface area contributed by atoms with Crippen LogP contribution in [0.3, 0.4) is 0 Å². The van der Waals surface area contributed by atoms with Crippen LogP contribution >= 0.6 is 0 Å². The van der Waals surface area contributed by atoms with E-state index in [4.69, 9.17) is 11.1 Å². The molecule has 0 saturated heterocycles. The van der Waals surface area contributed by atoms with E-state index in [1.165, 1.54) is 0 Å². The summed E-state index contributed by atoms with van der Waals surface area (Å²) in [6.07, 6.45) is 0. The summed E-state index contributed by atoms with van der Waals surface area (Å²) in [4.78, 5) is 0. The zero-order chi connectivity index (χ0) is 11.4. The van der Waals surface area contributed by atoms with Crippen molar-refractivity contribution < 1.29 is 0 Å². The Labute approximate surface area is 85.7 Å². The summed E-state index contributed by atoms with van der Waals surface area (Å²) in [6, 6.07) is 0. The first-order chi connectivity index (χ1) is 6.21. The fourth-order valence-corrected chi connectivity index (χ4v) is 0.782. The first kappa shape index (κ1) is 13.0. The molecule has 0 aromatic carbocycles. The van der Waals surface area contributed by atoms with Gasteiger partial charge < -0.3 is 11.1 Å². The minimum atomic E-state index is -0.703. The molecule has 82 valence electrons. The molecule has 0 aliphatic rings. The zero-order valence-corrected chi connectivity index (χ0v) is 9.68. The predicted molar refractivity (Wildman–Crippen MR) is 58.9 cm³/mol. The minimum absolute atomic E-state index is 0.0292. The van der Waals surface area contributed by atoms with Crippen LogP contribution < -0.4 is 11.1 Å². The van der Waals surface area contributed by atoms with Gasteiger partial charge >= 0.3 is 0 Å². The lowest BCUT2D eigenvalue weighted by Gasteiger charge is -2.21. The van der Waals surface area contributed by atoms with Gasteiger partial charge in [-0.3, -0.25) is 5.41 Å². The third kappa shape index (κ3) is 4.32. The molecule has 5 nitrogen and oxygen atoms in total. The van der Waals surface area contributed by atoms with E-state index in [9.17, 15) is 0 Å². The van der Waals surface area contributed by atoms with Crippen molar-refractivity contribution in [1.82, 2.24) is 5.32 Å². The number of nitrogens with one attached hydrogen (secondary N) is 2.